The molecule has 0 saturated carbocycles. The molecule has 0 aliphatic carbocycles. The number of nitrogens with zero attached hydrogens (tertiary/aromatic N) is 2. The van der Waals surface area contributed by atoms with Crippen LogP contribution in [0.5, 0.6) is 0 Å². The fraction of sp³-hybridized carbons (Fsp3) is 0.231. The number of anilines is 1. The summed E-state index contributed by atoms with van der Waals surface area (Å²) in [5.74, 6) is 0. The van der Waals surface area contributed by atoms with Gasteiger partial charge in [-0.05, 0) is 17.7 Å². The van der Waals surface area contributed by atoms with Gasteiger partial charge in [0.2, 0.25) is 0 Å². The van der Waals surface area contributed by atoms with Crippen molar-refractivity contribution >= 4 is 28.9 Å². The van der Waals surface area contributed by atoms with Crippen molar-refractivity contribution < 1.29 is 5.11 Å². The lowest BCUT2D eigenvalue weighted by Crippen LogP contribution is -2.25. The lowest BCUT2D eigenvalue weighted by molar-refractivity contribution is 0.266. The van der Waals surface area contributed by atoms with Crippen molar-refractivity contribution in [2.75, 3.05) is 11.9 Å². The molecule has 0 aliphatic heterocycles. The molecule has 0 spiro atoms. The zero-order valence-corrected chi connectivity index (χ0v) is 12.0. The summed E-state index contributed by atoms with van der Waals surface area (Å²) in [6.45, 7) is 0.428. The summed E-state index contributed by atoms with van der Waals surface area (Å²) < 4.78 is 1.12. The maximum atomic E-state index is 11.8. The van der Waals surface area contributed by atoms with Crippen molar-refractivity contribution in [2.24, 2.45) is 0 Å². The first-order valence-electron chi connectivity index (χ1n) is 5.96. The summed E-state index contributed by atoms with van der Waals surface area (Å²) in [7, 11) is 0. The topological polar surface area (TPSA) is 67.2 Å². The number of aliphatic hydroxyl groups is 1. The third kappa shape index (κ3) is 3.50. The normalized spacial score (nSPS) is 10.6. The molecule has 0 amide bonds. The van der Waals surface area contributed by atoms with E-state index in [0.717, 1.165) is 10.2 Å². The zero-order valence-electron chi connectivity index (χ0n) is 10.5. The van der Waals surface area contributed by atoms with Crippen LogP contribution in [-0.2, 0) is 13.1 Å². The van der Waals surface area contributed by atoms with Gasteiger partial charge in [-0.3, -0.25) is 4.79 Å². The van der Waals surface area contributed by atoms with Gasteiger partial charge in [0.1, 0.15) is 5.02 Å². The highest BCUT2D eigenvalue weighted by Gasteiger charge is 2.08. The van der Waals surface area contributed by atoms with Gasteiger partial charge in [-0.2, -0.15) is 5.10 Å². The number of halogens is 2. The number of hydrogen-bond acceptors (Lipinski definition) is 4. The molecule has 0 bridgehead atoms. The van der Waals surface area contributed by atoms with Crippen LogP contribution in [0.3, 0.4) is 0 Å². The molecule has 0 unspecified atom stereocenters. The van der Waals surface area contributed by atoms with Crippen molar-refractivity contribution in [1.29, 1.82) is 0 Å². The van der Waals surface area contributed by atoms with E-state index in [2.05, 4.69) is 10.4 Å². The van der Waals surface area contributed by atoms with E-state index in [9.17, 15) is 4.79 Å². The molecular formula is C13H13Cl2N3O2. The van der Waals surface area contributed by atoms with Crippen LogP contribution >= 0.6 is 23.2 Å². The molecule has 20 heavy (non-hydrogen) atoms. The van der Waals surface area contributed by atoms with Crippen LogP contribution in [0.4, 0.5) is 5.69 Å². The monoisotopic (exact) mass is 313 g/mol. The van der Waals surface area contributed by atoms with Crippen LogP contribution in [0.2, 0.25) is 10.0 Å². The summed E-state index contributed by atoms with van der Waals surface area (Å²) in [6.07, 6.45) is 1.46. The van der Waals surface area contributed by atoms with E-state index >= 15 is 0 Å². The Hall–Kier alpha value is -1.56. The molecule has 0 atom stereocenters. The minimum atomic E-state index is -0.434. The van der Waals surface area contributed by atoms with Crippen molar-refractivity contribution in [3.05, 3.63) is 56.4 Å². The van der Waals surface area contributed by atoms with E-state index in [1.807, 2.05) is 18.2 Å². The number of aromatic nitrogens is 2. The smallest absolute Gasteiger partial charge is 0.287 e. The Kier molecular flexibility index (Phi) is 5.00. The van der Waals surface area contributed by atoms with Crippen molar-refractivity contribution in [2.45, 2.75) is 13.1 Å². The quantitative estimate of drug-likeness (QED) is 0.887. The van der Waals surface area contributed by atoms with E-state index in [-0.39, 0.29) is 18.2 Å². The number of nitrogens with one attached hydrogen (secondary N) is 1. The Morgan fingerprint density at radius 2 is 2.15 bits per heavy atom. The van der Waals surface area contributed by atoms with E-state index in [4.69, 9.17) is 28.3 Å². The minimum Gasteiger partial charge on any atom is -0.394 e. The lowest BCUT2D eigenvalue weighted by Gasteiger charge is -2.10. The average molecular weight is 314 g/mol. The van der Waals surface area contributed by atoms with Gasteiger partial charge in [-0.1, -0.05) is 35.3 Å². The number of benzene rings is 1. The fourth-order valence-corrected chi connectivity index (χ4v) is 2.11. The van der Waals surface area contributed by atoms with Crippen LogP contribution in [0, 0.1) is 0 Å². The highest BCUT2D eigenvalue weighted by molar-refractivity contribution is 6.33. The van der Waals surface area contributed by atoms with Crippen molar-refractivity contribution in [3.63, 3.8) is 0 Å². The number of rotatable bonds is 5. The van der Waals surface area contributed by atoms with Crippen molar-refractivity contribution in [1.82, 2.24) is 9.78 Å². The Balaban J connectivity index is 2.14. The number of aliphatic hydroxyl groups excluding tert-OH is 1. The third-order valence-corrected chi connectivity index (χ3v) is 3.27. The van der Waals surface area contributed by atoms with Gasteiger partial charge in [0.25, 0.3) is 5.56 Å². The molecular weight excluding hydrogens is 301 g/mol. The molecule has 1 heterocycles. The summed E-state index contributed by atoms with van der Waals surface area (Å²) in [4.78, 5) is 11.8. The van der Waals surface area contributed by atoms with Crippen LogP contribution in [-0.4, -0.2) is 21.5 Å². The van der Waals surface area contributed by atoms with Gasteiger partial charge in [0.15, 0.2) is 0 Å². The van der Waals surface area contributed by atoms with Gasteiger partial charge in [0.05, 0.1) is 25.0 Å². The molecule has 0 aliphatic rings. The Morgan fingerprint density at radius 3 is 2.85 bits per heavy atom. The predicted molar refractivity (Wildman–Crippen MR) is 79.4 cm³/mol. The maximum absolute atomic E-state index is 11.8. The molecule has 106 valence electrons. The van der Waals surface area contributed by atoms with E-state index in [0.29, 0.717) is 17.3 Å². The van der Waals surface area contributed by atoms with Crippen LogP contribution < -0.4 is 10.9 Å². The Bertz CT molecular complexity index is 658. The van der Waals surface area contributed by atoms with Crippen LogP contribution in [0.15, 0.2) is 35.3 Å². The molecule has 2 rings (SSSR count). The molecule has 5 nitrogen and oxygen atoms in total. The zero-order chi connectivity index (χ0) is 14.5. The molecule has 1 aromatic carbocycles. The second-order valence-electron chi connectivity index (χ2n) is 4.11. The first-order chi connectivity index (χ1) is 9.61. The SMILES string of the molecule is O=c1c(Cl)c(NCc2cccc(Cl)c2)cnn1CCO. The highest BCUT2D eigenvalue weighted by Crippen LogP contribution is 2.17. The Morgan fingerprint density at radius 1 is 1.35 bits per heavy atom. The van der Waals surface area contributed by atoms with E-state index < -0.39 is 5.56 Å². The molecule has 0 saturated heterocycles. The van der Waals surface area contributed by atoms with Gasteiger partial charge < -0.3 is 10.4 Å². The minimum absolute atomic E-state index is 0.0514. The molecule has 0 radical (unpaired) electrons. The summed E-state index contributed by atoms with van der Waals surface area (Å²) in [5, 5.41) is 16.5. The molecule has 2 N–H and O–H groups in total. The second-order valence-corrected chi connectivity index (χ2v) is 4.92. The van der Waals surface area contributed by atoms with Crippen molar-refractivity contribution in [3.8, 4) is 0 Å². The standard InChI is InChI=1S/C13H13Cl2N3O2/c14-10-3-1-2-9(6-10)7-16-11-8-17-18(4-5-19)13(20)12(11)15/h1-3,6,8,16,19H,4-5,7H2. The molecule has 7 heteroatoms. The fourth-order valence-electron chi connectivity index (χ4n) is 1.69. The lowest BCUT2D eigenvalue weighted by atomic mass is 10.2. The van der Waals surface area contributed by atoms with Crippen LogP contribution in [0.25, 0.3) is 0 Å². The third-order valence-electron chi connectivity index (χ3n) is 2.67. The summed E-state index contributed by atoms with van der Waals surface area (Å²) in [5.41, 5.74) is 0.982. The van der Waals surface area contributed by atoms with Gasteiger partial charge in [-0.15, -0.1) is 0 Å². The molecule has 0 fully saturated rings. The Labute approximate surface area is 125 Å². The molecule has 2 aromatic rings. The maximum Gasteiger partial charge on any atom is 0.287 e. The van der Waals surface area contributed by atoms with Gasteiger partial charge >= 0.3 is 0 Å². The van der Waals surface area contributed by atoms with E-state index in [1.54, 1.807) is 6.07 Å². The largest absolute Gasteiger partial charge is 0.394 e. The summed E-state index contributed by atoms with van der Waals surface area (Å²) >= 11 is 11.9. The second kappa shape index (κ2) is 6.74. The highest BCUT2D eigenvalue weighted by atomic mass is 35.5. The van der Waals surface area contributed by atoms with E-state index in [1.165, 1.54) is 6.20 Å². The van der Waals surface area contributed by atoms with Gasteiger partial charge in [-0.25, -0.2) is 4.68 Å². The molecule has 1 aromatic heterocycles. The summed E-state index contributed by atoms with van der Waals surface area (Å²) in [6, 6.07) is 7.37. The number of hydrogen-bond donors (Lipinski definition) is 2. The average Bonchev–Trinajstić information content (AvgIpc) is 2.43. The first-order valence-corrected chi connectivity index (χ1v) is 6.72. The van der Waals surface area contributed by atoms with Gasteiger partial charge in [0, 0.05) is 11.6 Å². The van der Waals surface area contributed by atoms with Crippen LogP contribution in [0.1, 0.15) is 5.56 Å². The predicted octanol–water partition coefficient (Wildman–Crippen LogP) is 2.15. The first kappa shape index (κ1) is 14.8.